The fraction of sp³-hybridized carbons (Fsp3) is 0.385. The molecule has 0 unspecified atom stereocenters. The Kier molecular flexibility index (Phi) is 7.75. The normalized spacial score (nSPS) is 16.3. The van der Waals surface area contributed by atoms with Crippen molar-refractivity contribution in [2.24, 2.45) is 0 Å². The van der Waals surface area contributed by atoms with Gasteiger partial charge in [0, 0.05) is 49.5 Å². The Labute approximate surface area is 205 Å². The molecule has 34 heavy (non-hydrogen) atoms. The van der Waals surface area contributed by atoms with Crippen LogP contribution in [0.25, 0.3) is 6.08 Å². The number of halogens is 1. The van der Waals surface area contributed by atoms with E-state index in [1.165, 1.54) is 0 Å². The van der Waals surface area contributed by atoms with Crippen LogP contribution in [0.15, 0.2) is 42.6 Å². The molecule has 8 heteroatoms. The predicted molar refractivity (Wildman–Crippen MR) is 132 cm³/mol. The molecule has 1 saturated heterocycles. The summed E-state index contributed by atoms with van der Waals surface area (Å²) >= 11 is 5.92. The Balaban J connectivity index is 1.26. The number of benzene rings is 2. The maximum Gasteiger partial charge on any atom is 0.253 e. The molecular weight excluding hydrogens is 454 g/mol. The Hall–Kier alpha value is -3.03. The summed E-state index contributed by atoms with van der Waals surface area (Å²) in [5, 5.41) is 0.627. The van der Waals surface area contributed by atoms with Gasteiger partial charge >= 0.3 is 0 Å². The third-order valence-electron chi connectivity index (χ3n) is 6.37. The summed E-state index contributed by atoms with van der Waals surface area (Å²) in [6.07, 6.45) is 5.02. The molecule has 1 fully saturated rings. The molecule has 0 atom stereocenters. The Morgan fingerprint density at radius 3 is 2.32 bits per heavy atom. The van der Waals surface area contributed by atoms with E-state index in [2.05, 4.69) is 4.90 Å². The molecule has 2 amide bonds. The molecule has 2 aliphatic heterocycles. The number of ether oxygens (including phenoxy) is 2. The molecule has 0 radical (unpaired) electrons. The van der Waals surface area contributed by atoms with E-state index >= 15 is 0 Å². The lowest BCUT2D eigenvalue weighted by Crippen LogP contribution is -2.49. The summed E-state index contributed by atoms with van der Waals surface area (Å²) in [6.45, 7) is 4.59. The molecule has 180 valence electrons. The third-order valence-corrected chi connectivity index (χ3v) is 6.62. The van der Waals surface area contributed by atoms with Gasteiger partial charge in [-0.3, -0.25) is 14.5 Å². The molecule has 4 rings (SSSR count). The zero-order valence-corrected chi connectivity index (χ0v) is 20.4. The third kappa shape index (κ3) is 5.54. The van der Waals surface area contributed by atoms with E-state index in [0.717, 1.165) is 37.2 Å². The number of rotatable bonds is 7. The first kappa shape index (κ1) is 24.1. The molecule has 0 aromatic heterocycles. The van der Waals surface area contributed by atoms with Crippen molar-refractivity contribution >= 4 is 29.5 Å². The topological polar surface area (TPSA) is 62.3 Å². The van der Waals surface area contributed by atoms with Crippen LogP contribution in [0.5, 0.6) is 11.5 Å². The van der Waals surface area contributed by atoms with E-state index in [-0.39, 0.29) is 11.8 Å². The van der Waals surface area contributed by atoms with Gasteiger partial charge in [0.15, 0.2) is 11.5 Å². The summed E-state index contributed by atoms with van der Waals surface area (Å²) in [4.78, 5) is 31.5. The van der Waals surface area contributed by atoms with Crippen molar-refractivity contribution in [1.29, 1.82) is 0 Å². The van der Waals surface area contributed by atoms with Gasteiger partial charge in [-0.25, -0.2) is 0 Å². The lowest BCUT2D eigenvalue weighted by atomic mass is 10.0. The number of carbonyl (C=O) groups is 2. The van der Waals surface area contributed by atoms with Crippen LogP contribution in [-0.2, 0) is 11.2 Å². The minimum Gasteiger partial charge on any atom is -0.493 e. The van der Waals surface area contributed by atoms with Crippen molar-refractivity contribution in [2.45, 2.75) is 12.8 Å². The first-order chi connectivity index (χ1) is 16.5. The maximum atomic E-state index is 12.8. The van der Waals surface area contributed by atoms with Crippen LogP contribution in [0.3, 0.4) is 0 Å². The summed E-state index contributed by atoms with van der Waals surface area (Å²) in [5.41, 5.74) is 2.57. The summed E-state index contributed by atoms with van der Waals surface area (Å²) in [5.74, 6) is 1.40. The molecule has 0 spiro atoms. The summed E-state index contributed by atoms with van der Waals surface area (Å²) in [6, 6.07) is 10.8. The van der Waals surface area contributed by atoms with Crippen LogP contribution in [-0.4, -0.2) is 80.0 Å². The second-order valence-electron chi connectivity index (χ2n) is 8.48. The fourth-order valence-corrected chi connectivity index (χ4v) is 4.50. The number of amides is 2. The molecule has 2 aliphatic rings. The van der Waals surface area contributed by atoms with E-state index in [1.807, 2.05) is 29.3 Å². The lowest BCUT2D eigenvalue weighted by Gasteiger charge is -2.35. The molecule has 2 heterocycles. The standard InChI is InChI=1S/C26H30ClN3O4/c1-33-23-16-20-8-11-29(25(31)18-21(20)17-24(23)34-2)10-3-9-28-12-14-30(15-13-28)26(32)19-4-6-22(27)7-5-19/h4-8,11,16-17H,3,9-10,12-15,18H2,1-2H3. The maximum absolute atomic E-state index is 12.8. The van der Waals surface area contributed by atoms with Gasteiger partial charge in [-0.05, 0) is 66.6 Å². The Morgan fingerprint density at radius 2 is 1.65 bits per heavy atom. The Morgan fingerprint density at radius 1 is 0.971 bits per heavy atom. The predicted octanol–water partition coefficient (Wildman–Crippen LogP) is 3.56. The largest absolute Gasteiger partial charge is 0.493 e. The minimum absolute atomic E-state index is 0.0458. The van der Waals surface area contributed by atoms with E-state index in [9.17, 15) is 9.59 Å². The fourth-order valence-electron chi connectivity index (χ4n) is 4.38. The smallest absolute Gasteiger partial charge is 0.253 e. The van der Waals surface area contributed by atoms with Crippen molar-refractivity contribution in [3.8, 4) is 11.5 Å². The van der Waals surface area contributed by atoms with Gasteiger partial charge in [0.05, 0.1) is 20.6 Å². The van der Waals surface area contributed by atoms with Gasteiger partial charge < -0.3 is 19.3 Å². The molecule has 2 aromatic carbocycles. The second kappa shape index (κ2) is 10.9. The number of hydrogen-bond donors (Lipinski definition) is 0. The number of methoxy groups -OCH3 is 2. The number of hydrogen-bond acceptors (Lipinski definition) is 5. The highest BCUT2D eigenvalue weighted by Crippen LogP contribution is 2.32. The molecule has 0 N–H and O–H groups in total. The van der Waals surface area contributed by atoms with E-state index in [0.29, 0.717) is 48.1 Å². The highest BCUT2D eigenvalue weighted by atomic mass is 35.5. The molecular formula is C26H30ClN3O4. The Bertz CT molecular complexity index is 1060. The molecule has 0 aliphatic carbocycles. The van der Waals surface area contributed by atoms with Crippen molar-refractivity contribution in [2.75, 3.05) is 53.5 Å². The van der Waals surface area contributed by atoms with Gasteiger partial charge in [-0.15, -0.1) is 0 Å². The molecule has 0 bridgehead atoms. The van der Waals surface area contributed by atoms with Crippen molar-refractivity contribution < 1.29 is 19.1 Å². The van der Waals surface area contributed by atoms with Crippen LogP contribution in [0, 0.1) is 0 Å². The van der Waals surface area contributed by atoms with Crippen LogP contribution in [0.2, 0.25) is 5.02 Å². The number of piperazine rings is 1. The average Bonchev–Trinajstić information content (AvgIpc) is 3.01. The van der Waals surface area contributed by atoms with Crippen molar-refractivity contribution in [1.82, 2.24) is 14.7 Å². The van der Waals surface area contributed by atoms with Gasteiger partial charge in [-0.1, -0.05) is 11.6 Å². The van der Waals surface area contributed by atoms with Crippen LogP contribution >= 0.6 is 11.6 Å². The number of fused-ring (bicyclic) bond motifs is 1. The second-order valence-corrected chi connectivity index (χ2v) is 8.92. The SMILES string of the molecule is COc1cc2c(cc1OC)CC(=O)N(CCCN1CCN(C(=O)c3ccc(Cl)cc3)CC1)C=C2. The quantitative estimate of drug-likeness (QED) is 0.602. The highest BCUT2D eigenvalue weighted by molar-refractivity contribution is 6.30. The average molecular weight is 484 g/mol. The number of nitrogens with zero attached hydrogens (tertiary/aromatic N) is 3. The zero-order valence-electron chi connectivity index (χ0n) is 19.6. The van der Waals surface area contributed by atoms with Crippen molar-refractivity contribution in [3.63, 3.8) is 0 Å². The van der Waals surface area contributed by atoms with E-state index < -0.39 is 0 Å². The van der Waals surface area contributed by atoms with Gasteiger partial charge in [-0.2, -0.15) is 0 Å². The molecule has 0 saturated carbocycles. The van der Waals surface area contributed by atoms with Gasteiger partial charge in [0.25, 0.3) is 5.91 Å². The first-order valence-corrected chi connectivity index (χ1v) is 11.9. The minimum atomic E-state index is 0.0458. The lowest BCUT2D eigenvalue weighted by molar-refractivity contribution is -0.127. The molecule has 7 nitrogen and oxygen atoms in total. The monoisotopic (exact) mass is 483 g/mol. The molecule has 2 aromatic rings. The van der Waals surface area contributed by atoms with Gasteiger partial charge in [0.1, 0.15) is 0 Å². The summed E-state index contributed by atoms with van der Waals surface area (Å²) in [7, 11) is 3.20. The zero-order chi connectivity index (χ0) is 24.1. The highest BCUT2D eigenvalue weighted by Gasteiger charge is 2.23. The van der Waals surface area contributed by atoms with E-state index in [4.69, 9.17) is 21.1 Å². The number of carbonyl (C=O) groups excluding carboxylic acids is 2. The van der Waals surface area contributed by atoms with Crippen LogP contribution in [0.4, 0.5) is 0 Å². The van der Waals surface area contributed by atoms with Crippen molar-refractivity contribution in [3.05, 3.63) is 64.3 Å². The first-order valence-electron chi connectivity index (χ1n) is 11.5. The van der Waals surface area contributed by atoms with E-state index in [1.54, 1.807) is 43.4 Å². The summed E-state index contributed by atoms with van der Waals surface area (Å²) < 4.78 is 10.8. The van der Waals surface area contributed by atoms with Crippen LogP contribution in [0.1, 0.15) is 27.9 Å². The van der Waals surface area contributed by atoms with Crippen LogP contribution < -0.4 is 9.47 Å². The van der Waals surface area contributed by atoms with Gasteiger partial charge in [0.2, 0.25) is 5.91 Å².